The van der Waals surface area contributed by atoms with Gasteiger partial charge in [-0.1, -0.05) is 30.3 Å². The molecule has 2 N–H and O–H groups in total. The van der Waals surface area contributed by atoms with E-state index in [4.69, 9.17) is 0 Å². The van der Waals surface area contributed by atoms with Crippen LogP contribution in [0.15, 0.2) is 30.3 Å². The van der Waals surface area contributed by atoms with Gasteiger partial charge in [0.05, 0.1) is 12.5 Å². The molecule has 0 saturated carbocycles. The van der Waals surface area contributed by atoms with Gasteiger partial charge >= 0.3 is 0 Å². The number of hydrogen-bond acceptors (Lipinski definition) is 3. The lowest BCUT2D eigenvalue weighted by atomic mass is 10.0. The number of nitrogens with zero attached hydrogens (tertiary/aromatic N) is 1. The van der Waals surface area contributed by atoms with Crippen molar-refractivity contribution >= 4 is 11.8 Å². The summed E-state index contributed by atoms with van der Waals surface area (Å²) >= 11 is 0. The van der Waals surface area contributed by atoms with E-state index in [1.54, 1.807) is 11.8 Å². The molecule has 0 aromatic heterocycles. The molecular weight excluding hydrogens is 280 g/mol. The van der Waals surface area contributed by atoms with Crippen molar-refractivity contribution in [3.8, 4) is 0 Å². The van der Waals surface area contributed by atoms with Crippen molar-refractivity contribution in [3.63, 3.8) is 0 Å². The second-order valence-corrected chi connectivity index (χ2v) is 5.89. The first kappa shape index (κ1) is 16.5. The molecule has 1 aromatic rings. The van der Waals surface area contributed by atoms with Crippen molar-refractivity contribution in [2.75, 3.05) is 19.6 Å². The molecule has 2 atom stereocenters. The summed E-state index contributed by atoms with van der Waals surface area (Å²) in [4.78, 5) is 25.6. The van der Waals surface area contributed by atoms with Crippen molar-refractivity contribution < 1.29 is 14.7 Å². The molecule has 1 aliphatic heterocycles. The Kier molecular flexibility index (Phi) is 5.95. The molecule has 2 unspecified atom stereocenters. The topological polar surface area (TPSA) is 69.6 Å². The SMILES string of the molecule is CC(O)C1CCN(C(=O)CCNC(=O)Cc2ccccc2)C1. The summed E-state index contributed by atoms with van der Waals surface area (Å²) in [5.74, 6) is 0.155. The number of aliphatic hydroxyl groups is 1. The van der Waals surface area contributed by atoms with E-state index in [0.29, 0.717) is 32.5 Å². The van der Waals surface area contributed by atoms with Crippen LogP contribution in [0.3, 0.4) is 0 Å². The van der Waals surface area contributed by atoms with Gasteiger partial charge in [0.2, 0.25) is 11.8 Å². The molecule has 1 saturated heterocycles. The normalized spacial score (nSPS) is 19.0. The van der Waals surface area contributed by atoms with Crippen molar-refractivity contribution in [2.24, 2.45) is 5.92 Å². The van der Waals surface area contributed by atoms with E-state index in [-0.39, 0.29) is 23.8 Å². The van der Waals surface area contributed by atoms with Crippen LogP contribution < -0.4 is 5.32 Å². The fourth-order valence-electron chi connectivity index (χ4n) is 2.72. The number of amides is 2. The van der Waals surface area contributed by atoms with Gasteiger partial charge in [0.15, 0.2) is 0 Å². The molecule has 22 heavy (non-hydrogen) atoms. The Morgan fingerprint density at radius 1 is 1.36 bits per heavy atom. The second kappa shape index (κ2) is 7.94. The zero-order chi connectivity index (χ0) is 15.9. The van der Waals surface area contributed by atoms with Crippen LogP contribution >= 0.6 is 0 Å². The summed E-state index contributed by atoms with van der Waals surface area (Å²) in [6, 6.07) is 9.53. The molecule has 120 valence electrons. The van der Waals surface area contributed by atoms with E-state index < -0.39 is 0 Å². The van der Waals surface area contributed by atoms with Crippen LogP contribution in [0.4, 0.5) is 0 Å². The molecule has 0 radical (unpaired) electrons. The van der Waals surface area contributed by atoms with E-state index >= 15 is 0 Å². The molecule has 1 aliphatic rings. The van der Waals surface area contributed by atoms with Gasteiger partial charge in [0, 0.05) is 32.0 Å². The molecule has 1 heterocycles. The van der Waals surface area contributed by atoms with E-state index in [1.165, 1.54) is 0 Å². The highest BCUT2D eigenvalue weighted by Crippen LogP contribution is 2.19. The van der Waals surface area contributed by atoms with Gasteiger partial charge in [-0.05, 0) is 18.9 Å². The number of carbonyl (C=O) groups excluding carboxylic acids is 2. The smallest absolute Gasteiger partial charge is 0.224 e. The first-order valence-corrected chi connectivity index (χ1v) is 7.82. The first-order chi connectivity index (χ1) is 10.6. The highest BCUT2D eigenvalue weighted by molar-refractivity contribution is 5.80. The van der Waals surface area contributed by atoms with Gasteiger partial charge in [-0.15, -0.1) is 0 Å². The van der Waals surface area contributed by atoms with Crippen LogP contribution in [0.1, 0.15) is 25.3 Å². The molecule has 0 spiro atoms. The minimum Gasteiger partial charge on any atom is -0.393 e. The molecule has 2 amide bonds. The van der Waals surface area contributed by atoms with Gasteiger partial charge in [-0.25, -0.2) is 0 Å². The van der Waals surface area contributed by atoms with Gasteiger partial charge in [0.25, 0.3) is 0 Å². The Hall–Kier alpha value is -1.88. The van der Waals surface area contributed by atoms with Crippen LogP contribution in [0.25, 0.3) is 0 Å². The number of likely N-dealkylation sites (tertiary alicyclic amines) is 1. The van der Waals surface area contributed by atoms with Crippen molar-refractivity contribution in [1.82, 2.24) is 10.2 Å². The van der Waals surface area contributed by atoms with Gasteiger partial charge < -0.3 is 15.3 Å². The van der Waals surface area contributed by atoms with E-state index in [0.717, 1.165) is 12.0 Å². The third-order valence-corrected chi connectivity index (χ3v) is 4.13. The predicted octanol–water partition coefficient (Wildman–Crippen LogP) is 0.965. The maximum atomic E-state index is 12.0. The summed E-state index contributed by atoms with van der Waals surface area (Å²) < 4.78 is 0. The zero-order valence-electron chi connectivity index (χ0n) is 13.0. The number of nitrogens with one attached hydrogen (secondary N) is 1. The lowest BCUT2D eigenvalue weighted by molar-refractivity contribution is -0.130. The van der Waals surface area contributed by atoms with E-state index in [9.17, 15) is 14.7 Å². The zero-order valence-corrected chi connectivity index (χ0v) is 13.0. The molecule has 0 aliphatic carbocycles. The summed E-state index contributed by atoms with van der Waals surface area (Å²) in [6.45, 7) is 3.45. The first-order valence-electron chi connectivity index (χ1n) is 7.82. The largest absolute Gasteiger partial charge is 0.393 e. The van der Waals surface area contributed by atoms with Crippen LogP contribution in [-0.2, 0) is 16.0 Å². The summed E-state index contributed by atoms with van der Waals surface area (Å²) in [5.41, 5.74) is 0.964. The van der Waals surface area contributed by atoms with Crippen molar-refractivity contribution in [2.45, 2.75) is 32.3 Å². The van der Waals surface area contributed by atoms with Crippen LogP contribution in [0, 0.1) is 5.92 Å². The van der Waals surface area contributed by atoms with E-state index in [1.807, 2.05) is 30.3 Å². The molecule has 1 fully saturated rings. The molecular formula is C17H24N2O3. The summed E-state index contributed by atoms with van der Waals surface area (Å²) in [6.07, 6.45) is 1.13. The highest BCUT2D eigenvalue weighted by atomic mass is 16.3. The molecule has 5 nitrogen and oxygen atoms in total. The monoisotopic (exact) mass is 304 g/mol. The summed E-state index contributed by atoms with van der Waals surface area (Å²) in [5, 5.41) is 12.3. The molecule has 0 bridgehead atoms. The number of aliphatic hydroxyl groups excluding tert-OH is 1. The Morgan fingerprint density at radius 3 is 2.73 bits per heavy atom. The molecule has 1 aromatic carbocycles. The molecule has 2 rings (SSSR count). The third-order valence-electron chi connectivity index (χ3n) is 4.13. The lowest BCUT2D eigenvalue weighted by Gasteiger charge is -2.17. The maximum absolute atomic E-state index is 12.0. The quantitative estimate of drug-likeness (QED) is 0.822. The van der Waals surface area contributed by atoms with Crippen LogP contribution in [0.5, 0.6) is 0 Å². The average molecular weight is 304 g/mol. The Bertz CT molecular complexity index is 502. The number of rotatable bonds is 6. The van der Waals surface area contributed by atoms with E-state index in [2.05, 4.69) is 5.32 Å². The number of carbonyl (C=O) groups is 2. The Labute approximate surface area is 131 Å². The van der Waals surface area contributed by atoms with Gasteiger partial charge in [-0.3, -0.25) is 9.59 Å². The average Bonchev–Trinajstić information content (AvgIpc) is 2.98. The summed E-state index contributed by atoms with van der Waals surface area (Å²) in [7, 11) is 0. The maximum Gasteiger partial charge on any atom is 0.224 e. The number of benzene rings is 1. The van der Waals surface area contributed by atoms with Crippen LogP contribution in [0.2, 0.25) is 0 Å². The fraction of sp³-hybridized carbons (Fsp3) is 0.529. The standard InChI is InChI=1S/C17H24N2O3/c1-13(20)15-8-10-19(12-15)17(22)7-9-18-16(21)11-14-5-3-2-4-6-14/h2-6,13,15,20H,7-12H2,1H3,(H,18,21). The highest BCUT2D eigenvalue weighted by Gasteiger charge is 2.28. The van der Waals surface area contributed by atoms with Crippen LogP contribution in [-0.4, -0.2) is 47.6 Å². The molecule has 5 heteroatoms. The third kappa shape index (κ3) is 4.84. The minimum atomic E-state index is -0.372. The predicted molar refractivity (Wildman–Crippen MR) is 84.1 cm³/mol. The van der Waals surface area contributed by atoms with Gasteiger partial charge in [0.1, 0.15) is 0 Å². The minimum absolute atomic E-state index is 0.0446. The second-order valence-electron chi connectivity index (χ2n) is 5.89. The fourth-order valence-corrected chi connectivity index (χ4v) is 2.72. The van der Waals surface area contributed by atoms with Crippen molar-refractivity contribution in [3.05, 3.63) is 35.9 Å². The van der Waals surface area contributed by atoms with Gasteiger partial charge in [-0.2, -0.15) is 0 Å². The lowest BCUT2D eigenvalue weighted by Crippen LogP contribution is -2.34. The van der Waals surface area contributed by atoms with Crippen molar-refractivity contribution in [1.29, 1.82) is 0 Å². The number of hydrogen-bond donors (Lipinski definition) is 2. The Balaban J connectivity index is 1.66. The Morgan fingerprint density at radius 2 is 2.09 bits per heavy atom.